The van der Waals surface area contributed by atoms with Crippen molar-refractivity contribution in [2.75, 3.05) is 7.05 Å². The molecule has 2 atom stereocenters. The van der Waals surface area contributed by atoms with E-state index in [-0.39, 0.29) is 0 Å². The van der Waals surface area contributed by atoms with Crippen molar-refractivity contribution < 1.29 is 0 Å². The Hall–Kier alpha value is -0.0400. The maximum Gasteiger partial charge on any atom is 0.00896 e. The summed E-state index contributed by atoms with van der Waals surface area (Å²) in [4.78, 5) is 0. The lowest BCUT2D eigenvalue weighted by Gasteiger charge is -2.19. The molecule has 1 aliphatic carbocycles. The van der Waals surface area contributed by atoms with E-state index in [0.717, 1.165) is 12.0 Å². The molecule has 0 bridgehead atoms. The lowest BCUT2D eigenvalue weighted by atomic mass is 9.97. The second-order valence-corrected chi connectivity index (χ2v) is 3.51. The lowest BCUT2D eigenvalue weighted by Crippen LogP contribution is -2.30. The summed E-state index contributed by atoms with van der Waals surface area (Å²) in [7, 11) is 2.09. The van der Waals surface area contributed by atoms with E-state index >= 15 is 0 Å². The number of nitrogens with one attached hydrogen (secondary N) is 1. The van der Waals surface area contributed by atoms with Gasteiger partial charge in [-0.3, -0.25) is 0 Å². The SMILES string of the molecule is CNC1CCCCCC1C. The van der Waals surface area contributed by atoms with E-state index in [1.54, 1.807) is 0 Å². The Balaban J connectivity index is 2.35. The van der Waals surface area contributed by atoms with Gasteiger partial charge in [0.1, 0.15) is 0 Å². The first-order valence-electron chi connectivity index (χ1n) is 4.52. The third-order valence-electron chi connectivity index (χ3n) is 2.73. The maximum absolute atomic E-state index is 3.39. The molecule has 1 saturated carbocycles. The molecule has 1 aliphatic rings. The van der Waals surface area contributed by atoms with Gasteiger partial charge >= 0.3 is 0 Å². The summed E-state index contributed by atoms with van der Waals surface area (Å²) in [6, 6.07) is 0.794. The monoisotopic (exact) mass is 141 g/mol. The standard InChI is InChI=1S/C9H19N/c1-8-6-4-3-5-7-9(8)10-2/h8-10H,3-7H2,1-2H3. The number of hydrogen-bond acceptors (Lipinski definition) is 1. The van der Waals surface area contributed by atoms with Crippen molar-refractivity contribution in [1.29, 1.82) is 0 Å². The molecular formula is C9H19N. The maximum atomic E-state index is 3.39. The molecule has 1 fully saturated rings. The minimum absolute atomic E-state index is 0.794. The predicted molar refractivity (Wildman–Crippen MR) is 45.1 cm³/mol. The highest BCUT2D eigenvalue weighted by molar-refractivity contribution is 4.74. The largest absolute Gasteiger partial charge is 0.317 e. The number of hydrogen-bond donors (Lipinski definition) is 1. The van der Waals surface area contributed by atoms with E-state index < -0.39 is 0 Å². The molecule has 10 heavy (non-hydrogen) atoms. The summed E-state index contributed by atoms with van der Waals surface area (Å²) in [5, 5.41) is 3.39. The van der Waals surface area contributed by atoms with E-state index in [9.17, 15) is 0 Å². The van der Waals surface area contributed by atoms with Gasteiger partial charge in [-0.2, -0.15) is 0 Å². The zero-order valence-electron chi connectivity index (χ0n) is 7.19. The van der Waals surface area contributed by atoms with Gasteiger partial charge in [0.15, 0.2) is 0 Å². The Bertz CT molecular complexity index is 90.7. The minimum Gasteiger partial charge on any atom is -0.317 e. The van der Waals surface area contributed by atoms with E-state index in [0.29, 0.717) is 0 Å². The first kappa shape index (κ1) is 8.06. The molecule has 0 aromatic heterocycles. The van der Waals surface area contributed by atoms with Crippen molar-refractivity contribution in [3.63, 3.8) is 0 Å². The summed E-state index contributed by atoms with van der Waals surface area (Å²) in [6.07, 6.45) is 7.13. The van der Waals surface area contributed by atoms with Gasteiger partial charge in [0.2, 0.25) is 0 Å². The molecule has 1 nitrogen and oxygen atoms in total. The average Bonchev–Trinajstić information content (AvgIpc) is 2.13. The molecule has 60 valence electrons. The molecule has 0 radical (unpaired) electrons. The molecule has 0 aromatic rings. The van der Waals surface area contributed by atoms with Gasteiger partial charge in [0.25, 0.3) is 0 Å². The Morgan fingerprint density at radius 2 is 1.80 bits per heavy atom. The zero-order chi connectivity index (χ0) is 7.40. The molecule has 2 unspecified atom stereocenters. The van der Waals surface area contributed by atoms with Crippen LogP contribution in [0.25, 0.3) is 0 Å². The van der Waals surface area contributed by atoms with Gasteiger partial charge in [0.05, 0.1) is 0 Å². The van der Waals surface area contributed by atoms with Crippen molar-refractivity contribution in [2.45, 2.75) is 45.1 Å². The van der Waals surface area contributed by atoms with Crippen LogP contribution in [0.5, 0.6) is 0 Å². The second kappa shape index (κ2) is 3.97. The van der Waals surface area contributed by atoms with E-state index in [1.165, 1.54) is 32.1 Å². The third-order valence-corrected chi connectivity index (χ3v) is 2.73. The highest BCUT2D eigenvalue weighted by Crippen LogP contribution is 2.22. The van der Waals surface area contributed by atoms with Crippen LogP contribution in [0.15, 0.2) is 0 Å². The summed E-state index contributed by atoms with van der Waals surface area (Å²) in [5.74, 6) is 0.896. The van der Waals surface area contributed by atoms with Crippen LogP contribution in [0.4, 0.5) is 0 Å². The van der Waals surface area contributed by atoms with E-state index in [1.807, 2.05) is 0 Å². The van der Waals surface area contributed by atoms with Crippen molar-refractivity contribution >= 4 is 0 Å². The predicted octanol–water partition coefficient (Wildman–Crippen LogP) is 2.17. The summed E-state index contributed by atoms with van der Waals surface area (Å²) < 4.78 is 0. The molecular weight excluding hydrogens is 122 g/mol. The highest BCUT2D eigenvalue weighted by Gasteiger charge is 2.16. The van der Waals surface area contributed by atoms with Crippen LogP contribution < -0.4 is 5.32 Å². The second-order valence-electron chi connectivity index (χ2n) is 3.51. The molecule has 1 heteroatoms. The van der Waals surface area contributed by atoms with Gasteiger partial charge in [-0.25, -0.2) is 0 Å². The average molecular weight is 141 g/mol. The van der Waals surface area contributed by atoms with Crippen molar-refractivity contribution in [3.05, 3.63) is 0 Å². The van der Waals surface area contributed by atoms with Crippen LogP contribution in [0.1, 0.15) is 39.0 Å². The normalized spacial score (nSPS) is 35.4. The molecule has 0 aliphatic heterocycles. The number of rotatable bonds is 1. The van der Waals surface area contributed by atoms with Gasteiger partial charge in [-0.15, -0.1) is 0 Å². The molecule has 0 amide bonds. The molecule has 1 rings (SSSR count). The third kappa shape index (κ3) is 1.98. The van der Waals surface area contributed by atoms with Crippen LogP contribution in [0, 0.1) is 5.92 Å². The molecule has 0 aromatic carbocycles. The molecule has 0 heterocycles. The quantitative estimate of drug-likeness (QED) is 0.552. The fourth-order valence-corrected chi connectivity index (χ4v) is 1.92. The Labute approximate surface area is 64.2 Å². The zero-order valence-corrected chi connectivity index (χ0v) is 7.19. The smallest absolute Gasteiger partial charge is 0.00896 e. The lowest BCUT2D eigenvalue weighted by molar-refractivity contribution is 0.379. The van der Waals surface area contributed by atoms with Gasteiger partial charge in [-0.1, -0.05) is 26.2 Å². The van der Waals surface area contributed by atoms with Crippen LogP contribution in [0.3, 0.4) is 0 Å². The summed E-state index contributed by atoms with van der Waals surface area (Å²) in [6.45, 7) is 2.37. The fraction of sp³-hybridized carbons (Fsp3) is 1.00. The Morgan fingerprint density at radius 1 is 1.10 bits per heavy atom. The van der Waals surface area contributed by atoms with Gasteiger partial charge in [-0.05, 0) is 25.8 Å². The summed E-state index contributed by atoms with van der Waals surface area (Å²) in [5.41, 5.74) is 0. The van der Waals surface area contributed by atoms with Crippen molar-refractivity contribution in [3.8, 4) is 0 Å². The van der Waals surface area contributed by atoms with E-state index in [2.05, 4.69) is 19.3 Å². The molecule has 0 saturated heterocycles. The molecule has 1 N–H and O–H groups in total. The van der Waals surface area contributed by atoms with Crippen LogP contribution >= 0.6 is 0 Å². The first-order valence-corrected chi connectivity index (χ1v) is 4.52. The first-order chi connectivity index (χ1) is 4.84. The van der Waals surface area contributed by atoms with Crippen molar-refractivity contribution in [1.82, 2.24) is 5.32 Å². The fourth-order valence-electron chi connectivity index (χ4n) is 1.92. The van der Waals surface area contributed by atoms with Crippen LogP contribution in [-0.4, -0.2) is 13.1 Å². The van der Waals surface area contributed by atoms with E-state index in [4.69, 9.17) is 0 Å². The highest BCUT2D eigenvalue weighted by atomic mass is 14.9. The molecule has 0 spiro atoms. The van der Waals surface area contributed by atoms with Gasteiger partial charge < -0.3 is 5.32 Å². The van der Waals surface area contributed by atoms with Crippen molar-refractivity contribution in [2.24, 2.45) is 5.92 Å². The minimum atomic E-state index is 0.794. The topological polar surface area (TPSA) is 12.0 Å². The summed E-state index contributed by atoms with van der Waals surface area (Å²) >= 11 is 0. The van der Waals surface area contributed by atoms with Crippen LogP contribution in [-0.2, 0) is 0 Å². The Kier molecular flexibility index (Phi) is 3.20. The van der Waals surface area contributed by atoms with Gasteiger partial charge in [0, 0.05) is 6.04 Å². The van der Waals surface area contributed by atoms with Crippen LogP contribution in [0.2, 0.25) is 0 Å². The Morgan fingerprint density at radius 3 is 2.50 bits per heavy atom.